The highest BCUT2D eigenvalue weighted by Crippen LogP contribution is 2.31. The van der Waals surface area contributed by atoms with Crippen LogP contribution in [-0.2, 0) is 0 Å². The summed E-state index contributed by atoms with van der Waals surface area (Å²) in [5.74, 6) is 1.45. The topological polar surface area (TPSA) is 37.0 Å². The van der Waals surface area contributed by atoms with Crippen LogP contribution in [0.15, 0.2) is 6.07 Å². The molecule has 1 aliphatic rings. The molecule has 2 N–H and O–H groups in total. The molecule has 100 valence electrons. The van der Waals surface area contributed by atoms with Crippen molar-refractivity contribution in [3.63, 3.8) is 0 Å². The van der Waals surface area contributed by atoms with Crippen molar-refractivity contribution < 1.29 is 0 Å². The summed E-state index contributed by atoms with van der Waals surface area (Å²) in [6, 6.07) is 2.25. The monoisotopic (exact) mass is 287 g/mol. The number of hydrogen-bond donors (Lipinski definition) is 2. The molecule has 1 heterocycles. The van der Waals surface area contributed by atoms with Crippen LogP contribution in [0.5, 0.6) is 0 Å². The lowest BCUT2D eigenvalue weighted by molar-refractivity contribution is 0.750. The van der Waals surface area contributed by atoms with Crippen molar-refractivity contribution in [1.82, 2.24) is 4.98 Å². The van der Waals surface area contributed by atoms with E-state index < -0.39 is 0 Å². The number of halogens is 2. The predicted octanol–water partition coefficient (Wildman–Crippen LogP) is 4.56. The standard InChI is InChI=1S/C13H19Cl2N3/c1-2-7-16-12-10(14)8-11(15)13(18-12)17-9-5-3-4-6-9/h8-9H,2-7H2,1H3,(H2,16,17,18). The average molecular weight is 288 g/mol. The second-order valence-electron chi connectivity index (χ2n) is 4.70. The fraction of sp³-hybridized carbons (Fsp3) is 0.615. The molecule has 0 atom stereocenters. The summed E-state index contributed by atoms with van der Waals surface area (Å²) in [6.07, 6.45) is 5.98. The quantitative estimate of drug-likeness (QED) is 0.833. The second-order valence-corrected chi connectivity index (χ2v) is 5.52. The Morgan fingerprint density at radius 1 is 1.22 bits per heavy atom. The van der Waals surface area contributed by atoms with Crippen molar-refractivity contribution in [2.45, 2.75) is 45.1 Å². The van der Waals surface area contributed by atoms with E-state index >= 15 is 0 Å². The minimum Gasteiger partial charge on any atom is -0.369 e. The minimum atomic E-state index is 0.496. The first-order chi connectivity index (χ1) is 8.70. The molecule has 0 bridgehead atoms. The van der Waals surface area contributed by atoms with Crippen LogP contribution in [0.2, 0.25) is 10.0 Å². The first kappa shape index (κ1) is 13.8. The van der Waals surface area contributed by atoms with Crippen LogP contribution in [-0.4, -0.2) is 17.6 Å². The maximum absolute atomic E-state index is 6.18. The van der Waals surface area contributed by atoms with E-state index in [4.69, 9.17) is 23.2 Å². The Balaban J connectivity index is 2.12. The fourth-order valence-electron chi connectivity index (χ4n) is 2.20. The van der Waals surface area contributed by atoms with Gasteiger partial charge in [0, 0.05) is 12.6 Å². The Labute approximate surface area is 118 Å². The van der Waals surface area contributed by atoms with Crippen LogP contribution in [0.25, 0.3) is 0 Å². The Hall–Kier alpha value is -0.670. The zero-order chi connectivity index (χ0) is 13.0. The van der Waals surface area contributed by atoms with Gasteiger partial charge >= 0.3 is 0 Å². The number of hydrogen-bond acceptors (Lipinski definition) is 3. The summed E-state index contributed by atoms with van der Waals surface area (Å²) < 4.78 is 0. The Bertz CT molecular complexity index is 403. The van der Waals surface area contributed by atoms with Crippen molar-refractivity contribution in [2.75, 3.05) is 17.2 Å². The van der Waals surface area contributed by atoms with E-state index in [1.165, 1.54) is 25.7 Å². The highest BCUT2D eigenvalue weighted by molar-refractivity contribution is 6.37. The number of anilines is 2. The molecule has 0 unspecified atom stereocenters. The van der Waals surface area contributed by atoms with Gasteiger partial charge in [0.1, 0.15) is 11.6 Å². The molecule has 0 radical (unpaired) electrons. The zero-order valence-corrected chi connectivity index (χ0v) is 12.1. The van der Waals surface area contributed by atoms with Gasteiger partial charge in [-0.25, -0.2) is 4.98 Å². The molecule has 3 nitrogen and oxygen atoms in total. The van der Waals surface area contributed by atoms with Crippen LogP contribution < -0.4 is 10.6 Å². The van der Waals surface area contributed by atoms with Crippen molar-refractivity contribution >= 4 is 34.8 Å². The van der Waals surface area contributed by atoms with E-state index in [9.17, 15) is 0 Å². The molecule has 1 fully saturated rings. The highest BCUT2D eigenvalue weighted by Gasteiger charge is 2.17. The fourth-order valence-corrected chi connectivity index (χ4v) is 2.68. The van der Waals surface area contributed by atoms with Crippen LogP contribution in [0.3, 0.4) is 0 Å². The molecule has 0 amide bonds. The molecule has 5 heteroatoms. The van der Waals surface area contributed by atoms with E-state index in [0.29, 0.717) is 21.9 Å². The molecule has 18 heavy (non-hydrogen) atoms. The van der Waals surface area contributed by atoms with Crippen molar-refractivity contribution in [1.29, 1.82) is 0 Å². The maximum Gasteiger partial charge on any atom is 0.147 e. The number of pyridine rings is 1. The van der Waals surface area contributed by atoms with Gasteiger partial charge in [-0.1, -0.05) is 43.0 Å². The molecule has 0 aliphatic heterocycles. The number of rotatable bonds is 5. The van der Waals surface area contributed by atoms with Gasteiger partial charge in [-0.2, -0.15) is 0 Å². The van der Waals surface area contributed by atoms with Crippen LogP contribution in [0.4, 0.5) is 11.6 Å². The van der Waals surface area contributed by atoms with Gasteiger partial charge in [-0.05, 0) is 25.3 Å². The van der Waals surface area contributed by atoms with Crippen LogP contribution in [0.1, 0.15) is 39.0 Å². The molecule has 1 aliphatic carbocycles. The third-order valence-electron chi connectivity index (χ3n) is 3.17. The van der Waals surface area contributed by atoms with E-state index in [2.05, 4.69) is 22.5 Å². The SMILES string of the molecule is CCCNc1nc(NC2CCCC2)c(Cl)cc1Cl. The molecule has 0 saturated heterocycles. The third-order valence-corrected chi connectivity index (χ3v) is 3.74. The van der Waals surface area contributed by atoms with Crippen LogP contribution >= 0.6 is 23.2 Å². The number of nitrogens with zero attached hydrogens (tertiary/aromatic N) is 1. The Kier molecular flexibility index (Phi) is 4.95. The third kappa shape index (κ3) is 3.42. The van der Waals surface area contributed by atoms with Gasteiger partial charge in [0.25, 0.3) is 0 Å². The van der Waals surface area contributed by atoms with E-state index in [1.807, 2.05) is 0 Å². The van der Waals surface area contributed by atoms with Crippen molar-refractivity contribution in [2.24, 2.45) is 0 Å². The summed E-state index contributed by atoms with van der Waals surface area (Å²) in [7, 11) is 0. The molecule has 0 spiro atoms. The second kappa shape index (κ2) is 6.48. The molecule has 1 saturated carbocycles. The molecule has 0 aromatic carbocycles. The molecule has 1 aromatic heterocycles. The highest BCUT2D eigenvalue weighted by atomic mass is 35.5. The largest absolute Gasteiger partial charge is 0.369 e. The summed E-state index contributed by atoms with van der Waals surface area (Å²) in [5, 5.41) is 7.79. The van der Waals surface area contributed by atoms with Gasteiger partial charge in [0.05, 0.1) is 10.0 Å². The molecule has 2 rings (SSSR count). The maximum atomic E-state index is 6.18. The van der Waals surface area contributed by atoms with Gasteiger partial charge in [-0.15, -0.1) is 0 Å². The summed E-state index contributed by atoms with van der Waals surface area (Å²) >= 11 is 12.3. The van der Waals surface area contributed by atoms with Gasteiger partial charge in [0.15, 0.2) is 0 Å². The molecule has 1 aromatic rings. The summed E-state index contributed by atoms with van der Waals surface area (Å²) in [4.78, 5) is 4.49. The van der Waals surface area contributed by atoms with Crippen molar-refractivity contribution in [3.8, 4) is 0 Å². The lowest BCUT2D eigenvalue weighted by Crippen LogP contribution is -2.16. The first-order valence-electron chi connectivity index (χ1n) is 6.57. The Morgan fingerprint density at radius 3 is 2.56 bits per heavy atom. The first-order valence-corrected chi connectivity index (χ1v) is 7.32. The van der Waals surface area contributed by atoms with Crippen molar-refractivity contribution in [3.05, 3.63) is 16.1 Å². The van der Waals surface area contributed by atoms with Gasteiger partial charge in [-0.3, -0.25) is 0 Å². The summed E-state index contributed by atoms with van der Waals surface area (Å²) in [5.41, 5.74) is 0. The van der Waals surface area contributed by atoms with Crippen LogP contribution in [0, 0.1) is 0 Å². The number of nitrogens with one attached hydrogen (secondary N) is 2. The van der Waals surface area contributed by atoms with E-state index in [0.717, 1.165) is 18.8 Å². The summed E-state index contributed by atoms with van der Waals surface area (Å²) in [6.45, 7) is 2.96. The molecular formula is C13H19Cl2N3. The normalized spacial score (nSPS) is 15.9. The number of aromatic nitrogens is 1. The lowest BCUT2D eigenvalue weighted by atomic mass is 10.2. The lowest BCUT2D eigenvalue weighted by Gasteiger charge is -2.16. The van der Waals surface area contributed by atoms with E-state index in [1.54, 1.807) is 6.07 Å². The van der Waals surface area contributed by atoms with E-state index in [-0.39, 0.29) is 0 Å². The zero-order valence-electron chi connectivity index (χ0n) is 10.6. The average Bonchev–Trinajstić information content (AvgIpc) is 2.84. The van der Waals surface area contributed by atoms with Gasteiger partial charge in [0.2, 0.25) is 0 Å². The smallest absolute Gasteiger partial charge is 0.147 e. The minimum absolute atomic E-state index is 0.496. The predicted molar refractivity (Wildman–Crippen MR) is 78.9 cm³/mol. The Morgan fingerprint density at radius 2 is 1.89 bits per heavy atom. The molecular weight excluding hydrogens is 269 g/mol. The van der Waals surface area contributed by atoms with Gasteiger partial charge < -0.3 is 10.6 Å².